The van der Waals surface area contributed by atoms with Gasteiger partial charge in [0.05, 0.1) is 0 Å². The van der Waals surface area contributed by atoms with Crippen molar-refractivity contribution in [1.29, 1.82) is 0 Å². The third kappa shape index (κ3) is 5.15. The van der Waals surface area contributed by atoms with Crippen LogP contribution in [-0.4, -0.2) is 22.2 Å². The van der Waals surface area contributed by atoms with Crippen molar-refractivity contribution in [1.82, 2.24) is 10.2 Å². The van der Waals surface area contributed by atoms with E-state index in [-0.39, 0.29) is 5.91 Å². The van der Waals surface area contributed by atoms with Crippen LogP contribution >= 0.6 is 22.9 Å². The largest absolute Gasteiger partial charge is 0.481 e. The Kier molecular flexibility index (Phi) is 5.99. The van der Waals surface area contributed by atoms with E-state index in [9.17, 15) is 4.79 Å². The first-order chi connectivity index (χ1) is 12.6. The lowest BCUT2D eigenvalue weighted by Crippen LogP contribution is -2.30. The Balaban J connectivity index is 1.57. The molecule has 1 N–H and O–H groups in total. The molecule has 2 aromatic carbocycles. The third-order valence-corrected chi connectivity index (χ3v) is 4.44. The maximum atomic E-state index is 12.2. The van der Waals surface area contributed by atoms with Gasteiger partial charge in [-0.15, -0.1) is 10.2 Å². The van der Waals surface area contributed by atoms with Crippen LogP contribution in [0.3, 0.4) is 0 Å². The first-order valence-electron chi connectivity index (χ1n) is 7.90. The Hall–Kier alpha value is -2.70. The molecule has 1 heterocycles. The molecule has 0 saturated heterocycles. The van der Waals surface area contributed by atoms with Gasteiger partial charge >= 0.3 is 0 Å². The van der Waals surface area contributed by atoms with E-state index in [0.717, 1.165) is 5.56 Å². The summed E-state index contributed by atoms with van der Waals surface area (Å²) in [4.78, 5) is 12.2. The zero-order valence-corrected chi connectivity index (χ0v) is 15.5. The molecule has 0 aliphatic rings. The van der Waals surface area contributed by atoms with Gasteiger partial charge < -0.3 is 4.74 Å². The van der Waals surface area contributed by atoms with E-state index < -0.39 is 6.10 Å². The second kappa shape index (κ2) is 8.60. The molecule has 132 valence electrons. The average molecular weight is 386 g/mol. The molecule has 7 heteroatoms. The van der Waals surface area contributed by atoms with Crippen LogP contribution in [0.2, 0.25) is 5.02 Å². The Morgan fingerprint density at radius 2 is 1.85 bits per heavy atom. The van der Waals surface area contributed by atoms with Crippen molar-refractivity contribution in [3.8, 4) is 5.75 Å². The van der Waals surface area contributed by atoms with Crippen LogP contribution in [0.5, 0.6) is 5.75 Å². The summed E-state index contributed by atoms with van der Waals surface area (Å²) in [5, 5.41) is 12.5. The van der Waals surface area contributed by atoms with Crippen molar-refractivity contribution in [3.63, 3.8) is 0 Å². The summed E-state index contributed by atoms with van der Waals surface area (Å²) >= 11 is 7.15. The molecule has 1 unspecified atom stereocenters. The van der Waals surface area contributed by atoms with E-state index >= 15 is 0 Å². The van der Waals surface area contributed by atoms with Gasteiger partial charge in [0, 0.05) is 5.02 Å². The second-order valence-corrected chi connectivity index (χ2v) is 6.84. The third-order valence-electron chi connectivity index (χ3n) is 3.38. The zero-order chi connectivity index (χ0) is 18.4. The van der Waals surface area contributed by atoms with Crippen LogP contribution < -0.4 is 10.1 Å². The number of aromatic nitrogens is 2. The molecule has 0 radical (unpaired) electrons. The highest BCUT2D eigenvalue weighted by Gasteiger charge is 2.16. The summed E-state index contributed by atoms with van der Waals surface area (Å²) in [6.07, 6.45) is 3.10. The standard InChI is InChI=1S/C19H16ClN3O2S/c1-13(25-16-5-3-2-4-6-16)18(24)21-19-23-22-17(26-19)12-9-14-7-10-15(20)11-8-14/h2-13H,1H3,(H,21,23,24). The molecule has 0 aliphatic heterocycles. The fourth-order valence-corrected chi connectivity index (χ4v) is 2.83. The van der Waals surface area contributed by atoms with Crippen molar-refractivity contribution >= 4 is 46.1 Å². The van der Waals surface area contributed by atoms with Crippen LogP contribution in [-0.2, 0) is 4.79 Å². The fourth-order valence-electron chi connectivity index (χ4n) is 2.06. The molecule has 1 amide bonds. The summed E-state index contributed by atoms with van der Waals surface area (Å²) in [7, 11) is 0. The topological polar surface area (TPSA) is 64.1 Å². The van der Waals surface area contributed by atoms with Crippen molar-refractivity contribution in [3.05, 3.63) is 70.2 Å². The van der Waals surface area contributed by atoms with Gasteiger partial charge in [-0.1, -0.05) is 59.3 Å². The van der Waals surface area contributed by atoms with Gasteiger partial charge in [0.15, 0.2) is 6.10 Å². The van der Waals surface area contributed by atoms with Crippen molar-refractivity contribution in [2.24, 2.45) is 0 Å². The first kappa shape index (κ1) is 18.1. The molecule has 0 aliphatic carbocycles. The van der Waals surface area contributed by atoms with E-state index in [0.29, 0.717) is 20.9 Å². The van der Waals surface area contributed by atoms with Crippen molar-refractivity contribution in [2.45, 2.75) is 13.0 Å². The number of nitrogens with one attached hydrogen (secondary N) is 1. The van der Waals surface area contributed by atoms with E-state index in [1.807, 2.05) is 54.6 Å². The maximum Gasteiger partial charge on any atom is 0.266 e. The Labute approximate surface area is 160 Å². The van der Waals surface area contributed by atoms with Gasteiger partial charge in [-0.3, -0.25) is 10.1 Å². The minimum atomic E-state index is -0.644. The molecule has 0 fully saturated rings. The highest BCUT2D eigenvalue weighted by molar-refractivity contribution is 7.16. The minimum Gasteiger partial charge on any atom is -0.481 e. The number of carbonyl (C=O) groups excluding carboxylic acids is 1. The maximum absolute atomic E-state index is 12.2. The van der Waals surface area contributed by atoms with Gasteiger partial charge in [0.25, 0.3) is 5.91 Å². The first-order valence-corrected chi connectivity index (χ1v) is 9.09. The van der Waals surface area contributed by atoms with Gasteiger partial charge in [-0.2, -0.15) is 0 Å². The molecular weight excluding hydrogens is 370 g/mol. The van der Waals surface area contributed by atoms with Gasteiger partial charge in [0.1, 0.15) is 10.8 Å². The van der Waals surface area contributed by atoms with Crippen LogP contribution in [0.4, 0.5) is 5.13 Å². The predicted octanol–water partition coefficient (Wildman–Crippen LogP) is 4.77. The summed E-state index contributed by atoms with van der Waals surface area (Å²) in [5.74, 6) is 0.359. The number of benzene rings is 2. The van der Waals surface area contributed by atoms with E-state index in [4.69, 9.17) is 16.3 Å². The Morgan fingerprint density at radius 3 is 2.58 bits per heavy atom. The van der Waals surface area contributed by atoms with E-state index in [1.165, 1.54) is 11.3 Å². The highest BCUT2D eigenvalue weighted by atomic mass is 35.5. The number of hydrogen-bond donors (Lipinski definition) is 1. The van der Waals surface area contributed by atoms with Crippen LogP contribution in [0.1, 0.15) is 17.5 Å². The number of anilines is 1. The zero-order valence-electron chi connectivity index (χ0n) is 13.9. The minimum absolute atomic E-state index is 0.279. The van der Waals surface area contributed by atoms with Crippen LogP contribution in [0.15, 0.2) is 54.6 Å². The summed E-state index contributed by atoms with van der Waals surface area (Å²) in [5.41, 5.74) is 1.00. The van der Waals surface area contributed by atoms with E-state index in [2.05, 4.69) is 15.5 Å². The molecule has 3 aromatic rings. The van der Waals surface area contributed by atoms with Gasteiger partial charge in [0.2, 0.25) is 5.13 Å². The summed E-state index contributed by atoms with van der Waals surface area (Å²) < 4.78 is 5.59. The molecule has 0 bridgehead atoms. The molecule has 1 atom stereocenters. The molecular formula is C19H16ClN3O2S. The number of halogens is 1. The molecule has 0 saturated carbocycles. The Bertz CT molecular complexity index is 895. The number of hydrogen-bond acceptors (Lipinski definition) is 5. The fraction of sp³-hybridized carbons (Fsp3) is 0.105. The molecule has 3 rings (SSSR count). The van der Waals surface area contributed by atoms with Gasteiger partial charge in [-0.25, -0.2) is 0 Å². The van der Waals surface area contributed by atoms with E-state index in [1.54, 1.807) is 19.1 Å². The van der Waals surface area contributed by atoms with Crippen LogP contribution in [0, 0.1) is 0 Å². The normalized spacial score (nSPS) is 12.1. The lowest BCUT2D eigenvalue weighted by Gasteiger charge is -2.13. The van der Waals surface area contributed by atoms with Crippen molar-refractivity contribution < 1.29 is 9.53 Å². The highest BCUT2D eigenvalue weighted by Crippen LogP contribution is 2.19. The monoisotopic (exact) mass is 385 g/mol. The SMILES string of the molecule is CC(Oc1ccccc1)C(=O)Nc1nnc(C=Cc2ccc(Cl)cc2)s1. The summed E-state index contributed by atoms with van der Waals surface area (Å²) in [6.45, 7) is 1.69. The lowest BCUT2D eigenvalue weighted by atomic mass is 10.2. The Morgan fingerprint density at radius 1 is 1.12 bits per heavy atom. The lowest BCUT2D eigenvalue weighted by molar-refractivity contribution is -0.122. The molecule has 5 nitrogen and oxygen atoms in total. The smallest absolute Gasteiger partial charge is 0.266 e. The predicted molar refractivity (Wildman–Crippen MR) is 105 cm³/mol. The summed E-state index contributed by atoms with van der Waals surface area (Å²) in [6, 6.07) is 16.6. The van der Waals surface area contributed by atoms with Gasteiger partial charge in [-0.05, 0) is 42.8 Å². The number of para-hydroxylation sites is 1. The quantitative estimate of drug-likeness (QED) is 0.663. The second-order valence-electron chi connectivity index (χ2n) is 5.39. The number of amides is 1. The molecule has 0 spiro atoms. The number of ether oxygens (including phenoxy) is 1. The number of nitrogens with zero attached hydrogens (tertiary/aromatic N) is 2. The number of carbonyl (C=O) groups is 1. The van der Waals surface area contributed by atoms with Crippen molar-refractivity contribution in [2.75, 3.05) is 5.32 Å². The average Bonchev–Trinajstić information content (AvgIpc) is 3.09. The number of rotatable bonds is 6. The van der Waals surface area contributed by atoms with Crippen LogP contribution in [0.25, 0.3) is 12.2 Å². The molecule has 26 heavy (non-hydrogen) atoms. The molecule has 1 aromatic heterocycles.